The van der Waals surface area contributed by atoms with Crippen molar-refractivity contribution in [2.45, 2.75) is 6.92 Å². The fourth-order valence-electron chi connectivity index (χ4n) is 2.76. The Bertz CT molecular complexity index is 1020. The first-order valence-electron chi connectivity index (χ1n) is 8.05. The zero-order chi connectivity index (χ0) is 17.2. The Morgan fingerprint density at radius 2 is 1.84 bits per heavy atom. The van der Waals surface area contributed by atoms with Crippen LogP contribution in [0.1, 0.15) is 5.56 Å². The maximum absolute atomic E-state index is 5.31. The van der Waals surface area contributed by atoms with E-state index in [0.29, 0.717) is 0 Å². The van der Waals surface area contributed by atoms with E-state index in [2.05, 4.69) is 45.4 Å². The second-order valence-electron chi connectivity index (χ2n) is 5.89. The van der Waals surface area contributed by atoms with Gasteiger partial charge in [-0.3, -0.25) is 0 Å². The number of hydrogen-bond donors (Lipinski definition) is 2. The number of nitrogens with zero attached hydrogens (tertiary/aromatic N) is 2. The highest BCUT2D eigenvalue weighted by molar-refractivity contribution is 5.93. The molecule has 25 heavy (non-hydrogen) atoms. The SMILES string of the molecule is COc1cccc(-c2cc3c(Nc4ccc(C)cc4)ncnc3[nH]2)c1. The molecule has 4 aromatic rings. The van der Waals surface area contributed by atoms with E-state index in [4.69, 9.17) is 4.74 Å². The summed E-state index contributed by atoms with van der Waals surface area (Å²) in [5.74, 6) is 1.60. The van der Waals surface area contributed by atoms with Gasteiger partial charge in [-0.15, -0.1) is 0 Å². The Morgan fingerprint density at radius 3 is 2.64 bits per heavy atom. The molecule has 2 N–H and O–H groups in total. The molecule has 0 saturated carbocycles. The van der Waals surface area contributed by atoms with Crippen molar-refractivity contribution in [2.24, 2.45) is 0 Å². The van der Waals surface area contributed by atoms with Crippen LogP contribution in [-0.4, -0.2) is 22.1 Å². The van der Waals surface area contributed by atoms with Crippen molar-refractivity contribution in [3.63, 3.8) is 0 Å². The lowest BCUT2D eigenvalue weighted by molar-refractivity contribution is 0.415. The van der Waals surface area contributed by atoms with Crippen LogP contribution in [0.4, 0.5) is 11.5 Å². The predicted octanol–water partition coefficient (Wildman–Crippen LogP) is 4.69. The van der Waals surface area contributed by atoms with E-state index in [9.17, 15) is 0 Å². The zero-order valence-electron chi connectivity index (χ0n) is 14.1. The molecule has 0 saturated heterocycles. The van der Waals surface area contributed by atoms with Gasteiger partial charge in [-0.2, -0.15) is 0 Å². The van der Waals surface area contributed by atoms with E-state index >= 15 is 0 Å². The van der Waals surface area contributed by atoms with Crippen LogP contribution in [0.5, 0.6) is 5.75 Å². The van der Waals surface area contributed by atoms with Crippen LogP contribution in [0.25, 0.3) is 22.3 Å². The Balaban J connectivity index is 1.74. The van der Waals surface area contributed by atoms with Crippen LogP contribution < -0.4 is 10.1 Å². The molecule has 2 aromatic heterocycles. The first-order valence-corrected chi connectivity index (χ1v) is 8.05. The fourth-order valence-corrected chi connectivity index (χ4v) is 2.76. The minimum absolute atomic E-state index is 0.777. The van der Waals surface area contributed by atoms with E-state index in [-0.39, 0.29) is 0 Å². The minimum Gasteiger partial charge on any atom is -0.497 e. The largest absolute Gasteiger partial charge is 0.497 e. The predicted molar refractivity (Wildman–Crippen MR) is 100 cm³/mol. The Kier molecular flexibility index (Phi) is 3.82. The smallest absolute Gasteiger partial charge is 0.143 e. The standard InChI is InChI=1S/C20H18N4O/c1-13-6-8-15(9-7-13)23-19-17-11-18(24-20(17)22-12-21-19)14-4-3-5-16(10-14)25-2/h3-12H,1-2H3,(H2,21,22,23,24). The number of hydrogen-bond acceptors (Lipinski definition) is 4. The molecule has 0 aliphatic carbocycles. The molecule has 2 aromatic carbocycles. The number of benzene rings is 2. The van der Waals surface area contributed by atoms with Crippen molar-refractivity contribution in [3.8, 4) is 17.0 Å². The minimum atomic E-state index is 0.777. The number of nitrogens with one attached hydrogen (secondary N) is 2. The first-order chi connectivity index (χ1) is 12.2. The quantitative estimate of drug-likeness (QED) is 0.570. The van der Waals surface area contributed by atoms with Crippen LogP contribution >= 0.6 is 0 Å². The van der Waals surface area contributed by atoms with Crippen LogP contribution in [0, 0.1) is 6.92 Å². The second-order valence-corrected chi connectivity index (χ2v) is 5.89. The molecule has 4 rings (SSSR count). The second kappa shape index (κ2) is 6.28. The number of aromatic nitrogens is 3. The van der Waals surface area contributed by atoms with Gasteiger partial charge in [0.25, 0.3) is 0 Å². The van der Waals surface area contributed by atoms with Crippen molar-refractivity contribution in [3.05, 3.63) is 66.5 Å². The molecule has 5 nitrogen and oxygen atoms in total. The summed E-state index contributed by atoms with van der Waals surface area (Å²) in [4.78, 5) is 12.1. The summed E-state index contributed by atoms with van der Waals surface area (Å²) in [6.07, 6.45) is 1.56. The molecule has 2 heterocycles. The molecule has 5 heteroatoms. The summed E-state index contributed by atoms with van der Waals surface area (Å²) in [5, 5.41) is 4.31. The number of aryl methyl sites for hydroxylation is 1. The lowest BCUT2D eigenvalue weighted by atomic mass is 10.1. The van der Waals surface area contributed by atoms with Gasteiger partial charge in [0.15, 0.2) is 0 Å². The molecule has 0 unspecified atom stereocenters. The summed E-state index contributed by atoms with van der Waals surface area (Å²) in [6, 6.07) is 18.2. The number of ether oxygens (including phenoxy) is 1. The highest BCUT2D eigenvalue weighted by Crippen LogP contribution is 2.29. The van der Waals surface area contributed by atoms with E-state index in [0.717, 1.165) is 39.5 Å². The molecular weight excluding hydrogens is 312 g/mol. The molecule has 0 bridgehead atoms. The topological polar surface area (TPSA) is 62.8 Å². The maximum Gasteiger partial charge on any atom is 0.143 e. The van der Waals surface area contributed by atoms with E-state index in [1.54, 1.807) is 13.4 Å². The summed E-state index contributed by atoms with van der Waals surface area (Å²) >= 11 is 0. The number of methoxy groups -OCH3 is 1. The third kappa shape index (κ3) is 3.04. The lowest BCUT2D eigenvalue weighted by Crippen LogP contribution is -1.94. The van der Waals surface area contributed by atoms with Gasteiger partial charge in [-0.05, 0) is 37.3 Å². The van der Waals surface area contributed by atoms with Crippen molar-refractivity contribution in [1.29, 1.82) is 0 Å². The van der Waals surface area contributed by atoms with Crippen molar-refractivity contribution < 1.29 is 4.74 Å². The van der Waals surface area contributed by atoms with E-state index in [1.807, 2.05) is 36.4 Å². The van der Waals surface area contributed by atoms with Gasteiger partial charge in [-0.1, -0.05) is 29.8 Å². The Hall–Kier alpha value is -3.34. The highest BCUT2D eigenvalue weighted by Gasteiger charge is 2.10. The normalized spacial score (nSPS) is 10.8. The van der Waals surface area contributed by atoms with Crippen LogP contribution in [0.15, 0.2) is 60.9 Å². The molecular formula is C20H18N4O. The molecule has 0 fully saturated rings. The molecule has 124 valence electrons. The Morgan fingerprint density at radius 1 is 1.00 bits per heavy atom. The van der Waals surface area contributed by atoms with Crippen LogP contribution in [-0.2, 0) is 0 Å². The molecule has 0 atom stereocenters. The number of fused-ring (bicyclic) bond motifs is 1. The highest BCUT2D eigenvalue weighted by atomic mass is 16.5. The first kappa shape index (κ1) is 15.2. The zero-order valence-corrected chi connectivity index (χ0v) is 14.1. The van der Waals surface area contributed by atoms with Crippen molar-refractivity contribution in [1.82, 2.24) is 15.0 Å². The Labute approximate surface area is 145 Å². The monoisotopic (exact) mass is 330 g/mol. The summed E-state index contributed by atoms with van der Waals surface area (Å²) in [5.41, 5.74) is 5.03. The van der Waals surface area contributed by atoms with Gasteiger partial charge >= 0.3 is 0 Å². The van der Waals surface area contributed by atoms with Gasteiger partial charge in [0, 0.05) is 16.9 Å². The van der Waals surface area contributed by atoms with Gasteiger partial charge in [-0.25, -0.2) is 9.97 Å². The van der Waals surface area contributed by atoms with Crippen molar-refractivity contribution in [2.75, 3.05) is 12.4 Å². The average molecular weight is 330 g/mol. The molecule has 0 amide bonds. The average Bonchev–Trinajstić information content (AvgIpc) is 3.09. The number of H-pyrrole nitrogens is 1. The molecule has 0 radical (unpaired) electrons. The third-order valence-electron chi connectivity index (χ3n) is 4.12. The fraction of sp³-hybridized carbons (Fsp3) is 0.100. The molecule has 0 aliphatic rings. The van der Waals surface area contributed by atoms with Crippen LogP contribution in [0.3, 0.4) is 0 Å². The van der Waals surface area contributed by atoms with E-state index < -0.39 is 0 Å². The lowest BCUT2D eigenvalue weighted by Gasteiger charge is -2.06. The van der Waals surface area contributed by atoms with Gasteiger partial charge in [0.1, 0.15) is 23.5 Å². The van der Waals surface area contributed by atoms with Gasteiger partial charge < -0.3 is 15.0 Å². The maximum atomic E-state index is 5.31. The summed E-state index contributed by atoms with van der Waals surface area (Å²) in [6.45, 7) is 2.07. The summed E-state index contributed by atoms with van der Waals surface area (Å²) in [7, 11) is 1.67. The number of rotatable bonds is 4. The molecule has 0 spiro atoms. The number of anilines is 2. The summed E-state index contributed by atoms with van der Waals surface area (Å²) < 4.78 is 5.31. The number of aromatic amines is 1. The van der Waals surface area contributed by atoms with E-state index in [1.165, 1.54) is 5.56 Å². The van der Waals surface area contributed by atoms with Crippen molar-refractivity contribution >= 4 is 22.5 Å². The third-order valence-corrected chi connectivity index (χ3v) is 4.12. The van der Waals surface area contributed by atoms with Gasteiger partial charge in [0.05, 0.1) is 12.5 Å². The van der Waals surface area contributed by atoms with Gasteiger partial charge in [0.2, 0.25) is 0 Å². The van der Waals surface area contributed by atoms with Crippen LogP contribution in [0.2, 0.25) is 0 Å². The molecule has 0 aliphatic heterocycles.